The quantitative estimate of drug-likeness (QED) is 0.742. The lowest BCUT2D eigenvalue weighted by Crippen LogP contribution is -2.46. The third kappa shape index (κ3) is 3.96. The van der Waals surface area contributed by atoms with Crippen molar-refractivity contribution >= 4 is 0 Å². The second-order valence-electron chi connectivity index (χ2n) is 6.68. The summed E-state index contributed by atoms with van der Waals surface area (Å²) in [7, 11) is 2.04. The molecule has 0 aromatic heterocycles. The van der Waals surface area contributed by atoms with Gasteiger partial charge in [-0.25, -0.2) is 0 Å². The van der Waals surface area contributed by atoms with Crippen molar-refractivity contribution in [3.63, 3.8) is 0 Å². The van der Waals surface area contributed by atoms with Crippen molar-refractivity contribution in [3.8, 4) is 0 Å². The first-order valence-electron chi connectivity index (χ1n) is 7.78. The van der Waals surface area contributed by atoms with Crippen molar-refractivity contribution in [2.24, 2.45) is 11.3 Å². The van der Waals surface area contributed by atoms with E-state index in [0.717, 1.165) is 25.5 Å². The van der Waals surface area contributed by atoms with Crippen LogP contribution >= 0.6 is 0 Å². The molecule has 0 atom stereocenters. The van der Waals surface area contributed by atoms with Crippen LogP contribution in [0.5, 0.6) is 0 Å². The molecule has 0 unspecified atom stereocenters. The summed E-state index contributed by atoms with van der Waals surface area (Å²) in [4.78, 5) is 0. The van der Waals surface area contributed by atoms with Crippen molar-refractivity contribution in [2.75, 3.05) is 20.2 Å². The molecule has 1 saturated carbocycles. The van der Waals surface area contributed by atoms with Gasteiger partial charge < -0.3 is 10.1 Å². The predicted molar refractivity (Wildman–Crippen MR) is 78.9 cm³/mol. The van der Waals surface area contributed by atoms with Crippen molar-refractivity contribution in [1.82, 2.24) is 5.32 Å². The van der Waals surface area contributed by atoms with E-state index in [1.165, 1.54) is 32.1 Å². The van der Waals surface area contributed by atoms with Gasteiger partial charge >= 0.3 is 0 Å². The molecule has 1 aliphatic carbocycles. The van der Waals surface area contributed by atoms with Crippen LogP contribution in [0.3, 0.4) is 0 Å². The first-order chi connectivity index (χ1) is 8.49. The normalized spacial score (nSPS) is 29.5. The number of hydrogen-bond acceptors (Lipinski definition) is 2. The second kappa shape index (κ2) is 6.91. The van der Waals surface area contributed by atoms with E-state index in [4.69, 9.17) is 4.74 Å². The fourth-order valence-electron chi connectivity index (χ4n) is 3.23. The maximum atomic E-state index is 6.19. The summed E-state index contributed by atoms with van der Waals surface area (Å²) < 4.78 is 6.19. The molecule has 0 saturated heterocycles. The van der Waals surface area contributed by atoms with Crippen molar-refractivity contribution in [3.05, 3.63) is 0 Å². The van der Waals surface area contributed by atoms with Gasteiger partial charge in [-0.15, -0.1) is 0 Å². The molecule has 1 fully saturated rings. The molecule has 1 rings (SSSR count). The van der Waals surface area contributed by atoms with Gasteiger partial charge in [0.2, 0.25) is 0 Å². The van der Waals surface area contributed by atoms with E-state index in [0.29, 0.717) is 5.41 Å². The van der Waals surface area contributed by atoms with Gasteiger partial charge in [0.15, 0.2) is 0 Å². The highest BCUT2D eigenvalue weighted by Crippen LogP contribution is 2.44. The van der Waals surface area contributed by atoms with Gasteiger partial charge in [-0.05, 0) is 50.5 Å². The molecular formula is C16H33NO. The Balaban J connectivity index is 2.57. The summed E-state index contributed by atoms with van der Waals surface area (Å²) >= 11 is 0. The highest BCUT2D eigenvalue weighted by molar-refractivity contribution is 4.92. The van der Waals surface area contributed by atoms with Gasteiger partial charge in [0.05, 0.1) is 5.60 Å². The Morgan fingerprint density at radius 2 is 1.83 bits per heavy atom. The zero-order chi connectivity index (χ0) is 13.6. The van der Waals surface area contributed by atoms with Gasteiger partial charge in [0.1, 0.15) is 0 Å². The first-order valence-corrected chi connectivity index (χ1v) is 7.78. The molecule has 0 aliphatic heterocycles. The molecule has 108 valence electrons. The summed E-state index contributed by atoms with van der Waals surface area (Å²) in [5.41, 5.74) is 0.613. The van der Waals surface area contributed by atoms with E-state index >= 15 is 0 Å². The monoisotopic (exact) mass is 255 g/mol. The molecule has 18 heavy (non-hydrogen) atoms. The Kier molecular flexibility index (Phi) is 6.13. The zero-order valence-electron chi connectivity index (χ0n) is 13.1. The first kappa shape index (κ1) is 16.0. The lowest BCUT2D eigenvalue weighted by molar-refractivity contribution is -0.0847. The summed E-state index contributed by atoms with van der Waals surface area (Å²) in [6.07, 6.45) is 7.50. The van der Waals surface area contributed by atoms with Crippen molar-refractivity contribution in [1.29, 1.82) is 0 Å². The SMILES string of the molecule is CCCOC1(CNC)CCC(C(C)(C)CC)CC1. The molecule has 0 heterocycles. The number of ether oxygens (including phenoxy) is 1. The number of nitrogens with one attached hydrogen (secondary N) is 1. The molecule has 1 N–H and O–H groups in total. The summed E-state index contributed by atoms with van der Waals surface area (Å²) in [6, 6.07) is 0. The van der Waals surface area contributed by atoms with E-state index in [1.54, 1.807) is 0 Å². The predicted octanol–water partition coefficient (Wildman–Crippen LogP) is 4.00. The van der Waals surface area contributed by atoms with E-state index in [2.05, 4.69) is 33.0 Å². The topological polar surface area (TPSA) is 21.3 Å². The van der Waals surface area contributed by atoms with E-state index in [-0.39, 0.29) is 5.60 Å². The van der Waals surface area contributed by atoms with Crippen molar-refractivity contribution in [2.45, 2.75) is 71.8 Å². The Morgan fingerprint density at radius 3 is 2.28 bits per heavy atom. The van der Waals surface area contributed by atoms with Gasteiger partial charge in [-0.1, -0.05) is 34.1 Å². The number of hydrogen-bond donors (Lipinski definition) is 1. The molecule has 0 amide bonds. The fraction of sp³-hybridized carbons (Fsp3) is 1.00. The van der Waals surface area contributed by atoms with Crippen LogP contribution in [0.25, 0.3) is 0 Å². The minimum Gasteiger partial charge on any atom is -0.374 e. The van der Waals surface area contributed by atoms with Gasteiger partial charge in [-0.2, -0.15) is 0 Å². The highest BCUT2D eigenvalue weighted by Gasteiger charge is 2.39. The standard InChI is InChI=1S/C16H33NO/c1-6-12-18-16(13-17-5)10-8-14(9-11-16)15(3,4)7-2/h14,17H,6-13H2,1-5H3. The number of likely N-dealkylation sites (N-methyl/N-ethyl adjacent to an activating group) is 1. The second-order valence-corrected chi connectivity index (χ2v) is 6.68. The Bertz CT molecular complexity index is 229. The lowest BCUT2D eigenvalue weighted by atomic mass is 9.66. The van der Waals surface area contributed by atoms with Crippen LogP contribution in [-0.2, 0) is 4.74 Å². The third-order valence-corrected chi connectivity index (χ3v) is 5.02. The lowest BCUT2D eigenvalue weighted by Gasteiger charge is -2.45. The van der Waals surface area contributed by atoms with Gasteiger partial charge in [0, 0.05) is 13.2 Å². The maximum Gasteiger partial charge on any atom is 0.0806 e. The fourth-order valence-corrected chi connectivity index (χ4v) is 3.23. The van der Waals surface area contributed by atoms with Gasteiger partial charge in [0.25, 0.3) is 0 Å². The van der Waals surface area contributed by atoms with Crippen LogP contribution in [-0.4, -0.2) is 25.8 Å². The van der Waals surface area contributed by atoms with Crippen LogP contribution in [0, 0.1) is 11.3 Å². The highest BCUT2D eigenvalue weighted by atomic mass is 16.5. The smallest absolute Gasteiger partial charge is 0.0806 e. The molecule has 0 bridgehead atoms. The average molecular weight is 255 g/mol. The molecule has 2 nitrogen and oxygen atoms in total. The molecule has 0 radical (unpaired) electrons. The Hall–Kier alpha value is -0.0800. The van der Waals surface area contributed by atoms with Crippen molar-refractivity contribution < 1.29 is 4.74 Å². The van der Waals surface area contributed by atoms with Crippen LogP contribution in [0.15, 0.2) is 0 Å². The Morgan fingerprint density at radius 1 is 1.22 bits per heavy atom. The molecule has 0 aromatic carbocycles. The molecule has 2 heteroatoms. The summed E-state index contributed by atoms with van der Waals surface area (Å²) in [5.74, 6) is 0.873. The number of rotatable bonds is 7. The minimum absolute atomic E-state index is 0.116. The van der Waals surface area contributed by atoms with Crippen LogP contribution in [0.4, 0.5) is 0 Å². The molecular weight excluding hydrogens is 222 g/mol. The van der Waals surface area contributed by atoms with Gasteiger partial charge in [-0.3, -0.25) is 0 Å². The van der Waals surface area contributed by atoms with E-state index < -0.39 is 0 Å². The molecule has 0 aromatic rings. The van der Waals surface area contributed by atoms with Crippen LogP contribution in [0.1, 0.15) is 66.2 Å². The molecule has 0 spiro atoms. The van der Waals surface area contributed by atoms with Crippen LogP contribution < -0.4 is 5.32 Å². The Labute approximate surface area is 114 Å². The van der Waals surface area contributed by atoms with E-state index in [1.807, 2.05) is 7.05 Å². The average Bonchev–Trinajstić information content (AvgIpc) is 2.37. The maximum absolute atomic E-state index is 6.19. The molecule has 1 aliphatic rings. The van der Waals surface area contributed by atoms with Crippen LogP contribution in [0.2, 0.25) is 0 Å². The summed E-state index contributed by atoms with van der Waals surface area (Å²) in [6.45, 7) is 11.3. The zero-order valence-corrected chi connectivity index (χ0v) is 13.1. The largest absolute Gasteiger partial charge is 0.374 e. The van der Waals surface area contributed by atoms with E-state index in [9.17, 15) is 0 Å². The minimum atomic E-state index is 0.116. The third-order valence-electron chi connectivity index (χ3n) is 5.02. The summed E-state index contributed by atoms with van der Waals surface area (Å²) in [5, 5.41) is 3.33.